The largest absolute Gasteiger partial charge is 0.369 e. The molecule has 4 rings (SSSR count). The van der Waals surface area contributed by atoms with Crippen molar-refractivity contribution < 1.29 is 9.32 Å². The Morgan fingerprint density at radius 2 is 1.90 bits per heavy atom. The van der Waals surface area contributed by atoms with E-state index in [4.69, 9.17) is 27.7 Å². The summed E-state index contributed by atoms with van der Waals surface area (Å²) in [4.78, 5) is 18.9. The quantitative estimate of drug-likeness (QED) is 0.544. The van der Waals surface area contributed by atoms with Crippen LogP contribution in [0.4, 0.5) is 11.4 Å². The van der Waals surface area contributed by atoms with Gasteiger partial charge in [0.25, 0.3) is 0 Å². The molecule has 0 atom stereocenters. The van der Waals surface area contributed by atoms with E-state index in [9.17, 15) is 4.79 Å². The van der Waals surface area contributed by atoms with Gasteiger partial charge in [0.2, 0.25) is 17.6 Å². The normalized spacial score (nSPS) is 14.0. The highest BCUT2D eigenvalue weighted by Gasteiger charge is 2.15. The van der Waals surface area contributed by atoms with Crippen LogP contribution < -0.4 is 10.2 Å². The molecule has 0 bridgehead atoms. The van der Waals surface area contributed by atoms with E-state index in [1.165, 1.54) is 0 Å². The summed E-state index contributed by atoms with van der Waals surface area (Å²) in [5, 5.41) is 8.12. The first-order chi connectivity index (χ1) is 14.6. The van der Waals surface area contributed by atoms with Crippen LogP contribution in [0, 0.1) is 0 Å². The smallest absolute Gasteiger partial charge is 0.227 e. The van der Waals surface area contributed by atoms with E-state index in [2.05, 4.69) is 20.4 Å². The van der Waals surface area contributed by atoms with Crippen molar-refractivity contribution in [1.82, 2.24) is 10.1 Å². The van der Waals surface area contributed by atoms with E-state index in [0.717, 1.165) is 35.8 Å². The fourth-order valence-electron chi connectivity index (χ4n) is 3.16. The van der Waals surface area contributed by atoms with Crippen molar-refractivity contribution in [2.45, 2.75) is 12.8 Å². The average molecular weight is 463 g/mol. The van der Waals surface area contributed by atoms with Gasteiger partial charge < -0.3 is 14.7 Å². The number of benzene rings is 2. The third kappa shape index (κ3) is 5.28. The number of anilines is 2. The molecule has 1 saturated heterocycles. The fraction of sp³-hybridized carbons (Fsp3) is 0.286. The zero-order valence-corrected chi connectivity index (χ0v) is 18.4. The van der Waals surface area contributed by atoms with Crippen LogP contribution in [0.2, 0.25) is 10.0 Å². The van der Waals surface area contributed by atoms with Crippen LogP contribution in [-0.2, 0) is 11.2 Å². The molecule has 1 fully saturated rings. The second-order valence-corrected chi connectivity index (χ2v) is 8.90. The van der Waals surface area contributed by atoms with Crippen molar-refractivity contribution in [3.63, 3.8) is 0 Å². The Morgan fingerprint density at radius 1 is 1.13 bits per heavy atom. The lowest BCUT2D eigenvalue weighted by Gasteiger charge is -2.29. The molecule has 1 aliphatic rings. The van der Waals surface area contributed by atoms with Crippen LogP contribution in [0.25, 0.3) is 11.4 Å². The molecule has 0 saturated carbocycles. The summed E-state index contributed by atoms with van der Waals surface area (Å²) in [6.45, 7) is 1.97. The molecule has 0 radical (unpaired) electrons. The third-order valence-electron chi connectivity index (χ3n) is 4.72. The molecule has 6 nitrogen and oxygen atoms in total. The van der Waals surface area contributed by atoms with Crippen LogP contribution in [-0.4, -0.2) is 40.6 Å². The summed E-state index contributed by atoms with van der Waals surface area (Å²) in [5.41, 5.74) is 2.49. The van der Waals surface area contributed by atoms with E-state index in [-0.39, 0.29) is 12.3 Å². The number of rotatable bonds is 6. The van der Waals surface area contributed by atoms with E-state index in [1.54, 1.807) is 18.2 Å². The molecule has 30 heavy (non-hydrogen) atoms. The molecule has 1 aliphatic heterocycles. The van der Waals surface area contributed by atoms with Crippen molar-refractivity contribution in [2.24, 2.45) is 0 Å². The number of nitrogens with zero attached hydrogens (tertiary/aromatic N) is 3. The Labute approximate surface area is 188 Å². The Bertz CT molecular complexity index is 1020. The number of hydrogen-bond donors (Lipinski definition) is 1. The average Bonchev–Trinajstić information content (AvgIpc) is 3.23. The molecule has 2 heterocycles. The molecule has 9 heteroatoms. The maximum Gasteiger partial charge on any atom is 0.227 e. The van der Waals surface area contributed by atoms with Crippen LogP contribution >= 0.6 is 35.0 Å². The summed E-state index contributed by atoms with van der Waals surface area (Å²) in [6.07, 6.45) is 0.578. The maximum atomic E-state index is 12.3. The van der Waals surface area contributed by atoms with Gasteiger partial charge in [0.05, 0.1) is 10.7 Å². The molecule has 1 aromatic heterocycles. The van der Waals surface area contributed by atoms with Gasteiger partial charge in [-0.25, -0.2) is 0 Å². The summed E-state index contributed by atoms with van der Waals surface area (Å²) >= 11 is 14.3. The van der Waals surface area contributed by atoms with Gasteiger partial charge in [-0.05, 0) is 42.5 Å². The summed E-state index contributed by atoms with van der Waals surface area (Å²) in [7, 11) is 0. The first kappa shape index (κ1) is 21.0. The number of amides is 1. The Hall–Kier alpha value is -2.22. The van der Waals surface area contributed by atoms with E-state index < -0.39 is 0 Å². The molecule has 1 N–H and O–H groups in total. The first-order valence-electron chi connectivity index (χ1n) is 9.59. The van der Waals surface area contributed by atoms with Crippen LogP contribution in [0.15, 0.2) is 47.0 Å². The standard InChI is InChI=1S/C21H20Cl2N4O2S/c22-15-3-1-14(2-4-15)21-25-20(29-26-21)8-7-19(28)24-16-5-6-18(17(23)13-16)27-9-11-30-12-10-27/h1-6,13H,7-12H2,(H,24,28). The lowest BCUT2D eigenvalue weighted by molar-refractivity contribution is -0.116. The number of thioether (sulfide) groups is 1. The van der Waals surface area contributed by atoms with E-state index in [1.807, 2.05) is 36.0 Å². The monoisotopic (exact) mass is 462 g/mol. The van der Waals surface area contributed by atoms with Crippen LogP contribution in [0.3, 0.4) is 0 Å². The van der Waals surface area contributed by atoms with Crippen LogP contribution in [0.5, 0.6) is 0 Å². The van der Waals surface area contributed by atoms with Crippen molar-refractivity contribution in [1.29, 1.82) is 0 Å². The Morgan fingerprint density at radius 3 is 2.63 bits per heavy atom. The van der Waals surface area contributed by atoms with Crippen molar-refractivity contribution >= 4 is 52.2 Å². The number of hydrogen-bond acceptors (Lipinski definition) is 6. The molecular weight excluding hydrogens is 443 g/mol. The Kier molecular flexibility index (Phi) is 6.82. The predicted octanol–water partition coefficient (Wildman–Crippen LogP) is 5.17. The van der Waals surface area contributed by atoms with Crippen LogP contribution in [0.1, 0.15) is 12.3 Å². The third-order valence-corrected chi connectivity index (χ3v) is 6.22. The molecule has 0 unspecified atom stereocenters. The Balaban J connectivity index is 1.32. The van der Waals surface area contributed by atoms with Gasteiger partial charge in [-0.15, -0.1) is 0 Å². The van der Waals surface area contributed by atoms with Gasteiger partial charge in [0.15, 0.2) is 0 Å². The molecule has 3 aromatic rings. The highest BCUT2D eigenvalue weighted by molar-refractivity contribution is 7.99. The lowest BCUT2D eigenvalue weighted by Crippen LogP contribution is -2.32. The minimum atomic E-state index is -0.139. The summed E-state index contributed by atoms with van der Waals surface area (Å²) < 4.78 is 5.25. The fourth-order valence-corrected chi connectivity index (χ4v) is 4.49. The molecule has 156 valence electrons. The van der Waals surface area contributed by atoms with Crippen molar-refractivity contribution in [2.75, 3.05) is 34.8 Å². The summed E-state index contributed by atoms with van der Waals surface area (Å²) in [6, 6.07) is 12.8. The minimum absolute atomic E-state index is 0.139. The number of carbonyl (C=O) groups excluding carboxylic acids is 1. The molecule has 0 spiro atoms. The number of aryl methyl sites for hydroxylation is 1. The van der Waals surface area contributed by atoms with Crippen molar-refractivity contribution in [3.05, 3.63) is 58.4 Å². The summed E-state index contributed by atoms with van der Waals surface area (Å²) in [5.74, 6) is 2.94. The highest BCUT2D eigenvalue weighted by Crippen LogP contribution is 2.30. The van der Waals surface area contributed by atoms with Crippen molar-refractivity contribution in [3.8, 4) is 11.4 Å². The zero-order valence-electron chi connectivity index (χ0n) is 16.1. The predicted molar refractivity (Wildman–Crippen MR) is 123 cm³/mol. The van der Waals surface area contributed by atoms with Gasteiger partial charge in [-0.2, -0.15) is 16.7 Å². The van der Waals surface area contributed by atoms with E-state index in [0.29, 0.717) is 33.9 Å². The molecule has 1 amide bonds. The van der Waals surface area contributed by atoms with Gasteiger partial charge in [-0.1, -0.05) is 28.4 Å². The van der Waals surface area contributed by atoms with Gasteiger partial charge in [0.1, 0.15) is 0 Å². The molecular formula is C21H20Cl2N4O2S. The molecule has 2 aromatic carbocycles. The second kappa shape index (κ2) is 9.73. The highest BCUT2D eigenvalue weighted by atomic mass is 35.5. The number of carbonyl (C=O) groups is 1. The van der Waals surface area contributed by atoms with Gasteiger partial charge >= 0.3 is 0 Å². The second-order valence-electron chi connectivity index (χ2n) is 6.83. The zero-order chi connectivity index (χ0) is 20.9. The lowest BCUT2D eigenvalue weighted by atomic mass is 10.2. The topological polar surface area (TPSA) is 71.3 Å². The number of halogens is 2. The van der Waals surface area contributed by atoms with E-state index >= 15 is 0 Å². The maximum absolute atomic E-state index is 12.3. The SMILES string of the molecule is O=C(CCc1nc(-c2ccc(Cl)cc2)no1)Nc1ccc(N2CCSCC2)c(Cl)c1. The first-order valence-corrected chi connectivity index (χ1v) is 11.5. The van der Waals surface area contributed by atoms with Gasteiger partial charge in [-0.3, -0.25) is 4.79 Å². The molecule has 0 aliphatic carbocycles. The minimum Gasteiger partial charge on any atom is -0.369 e. The van der Waals surface area contributed by atoms with Gasteiger partial charge in [0, 0.05) is 53.7 Å². The number of aromatic nitrogens is 2. The number of nitrogens with one attached hydrogen (secondary N) is 1.